The van der Waals surface area contributed by atoms with Gasteiger partial charge in [0, 0.05) is 48.9 Å². The van der Waals surface area contributed by atoms with Crippen LogP contribution in [0, 0.1) is 10.1 Å². The maximum absolute atomic E-state index is 12.5. The van der Waals surface area contributed by atoms with Crippen molar-refractivity contribution in [3.05, 3.63) is 80.9 Å². The van der Waals surface area contributed by atoms with Crippen molar-refractivity contribution in [2.75, 3.05) is 26.2 Å². The molecule has 0 N–H and O–H groups in total. The lowest BCUT2D eigenvalue weighted by Gasteiger charge is -2.34. The Kier molecular flexibility index (Phi) is 6.06. The van der Waals surface area contributed by atoms with Crippen molar-refractivity contribution in [3.63, 3.8) is 0 Å². The number of carbonyl (C=O) groups excluding carboxylic acids is 2. The van der Waals surface area contributed by atoms with E-state index in [0.717, 1.165) is 0 Å². The molecule has 0 radical (unpaired) electrons. The number of amides is 2. The Morgan fingerprint density at radius 2 is 1.68 bits per heavy atom. The lowest BCUT2D eigenvalue weighted by Crippen LogP contribution is -2.50. The predicted octanol–water partition coefficient (Wildman–Crippen LogP) is 3.25. The Morgan fingerprint density at radius 1 is 1.00 bits per heavy atom. The average molecular weight is 400 g/mol. The Labute approximate surface area is 167 Å². The summed E-state index contributed by atoms with van der Waals surface area (Å²) in [4.78, 5) is 38.8. The molecule has 1 heterocycles. The van der Waals surface area contributed by atoms with Gasteiger partial charge in [0.1, 0.15) is 0 Å². The van der Waals surface area contributed by atoms with Gasteiger partial charge in [-0.2, -0.15) is 0 Å². The van der Waals surface area contributed by atoms with Crippen LogP contribution in [0.3, 0.4) is 0 Å². The molecular weight excluding hydrogens is 382 g/mol. The van der Waals surface area contributed by atoms with E-state index in [2.05, 4.69) is 0 Å². The first kappa shape index (κ1) is 19.6. The molecule has 0 saturated carbocycles. The van der Waals surface area contributed by atoms with Crippen molar-refractivity contribution in [3.8, 4) is 0 Å². The van der Waals surface area contributed by atoms with Gasteiger partial charge in [-0.3, -0.25) is 19.7 Å². The Morgan fingerprint density at radius 3 is 2.36 bits per heavy atom. The van der Waals surface area contributed by atoms with Crippen molar-refractivity contribution in [1.29, 1.82) is 0 Å². The van der Waals surface area contributed by atoms with Crippen LogP contribution in [0.4, 0.5) is 5.69 Å². The fourth-order valence-electron chi connectivity index (χ4n) is 3.00. The van der Waals surface area contributed by atoms with Crippen LogP contribution in [0.25, 0.3) is 6.08 Å². The van der Waals surface area contributed by atoms with Crippen LogP contribution in [0.5, 0.6) is 0 Å². The van der Waals surface area contributed by atoms with Gasteiger partial charge >= 0.3 is 0 Å². The molecule has 3 rings (SSSR count). The van der Waals surface area contributed by atoms with Crippen molar-refractivity contribution in [1.82, 2.24) is 9.80 Å². The van der Waals surface area contributed by atoms with Gasteiger partial charge < -0.3 is 9.80 Å². The number of piperazine rings is 1. The predicted molar refractivity (Wildman–Crippen MR) is 106 cm³/mol. The first-order chi connectivity index (χ1) is 13.5. The number of halogens is 1. The topological polar surface area (TPSA) is 83.8 Å². The van der Waals surface area contributed by atoms with Crippen LogP contribution >= 0.6 is 11.6 Å². The Hall–Kier alpha value is -3.19. The van der Waals surface area contributed by atoms with Crippen LogP contribution in [0.2, 0.25) is 5.02 Å². The van der Waals surface area contributed by atoms with Gasteiger partial charge in [-0.25, -0.2) is 0 Å². The SMILES string of the molecule is O=C(/C=C/c1ccccc1[N+](=O)[O-])N1CCN(C(=O)c2cccc(Cl)c2)CC1. The summed E-state index contributed by atoms with van der Waals surface area (Å²) >= 11 is 5.94. The molecule has 8 heteroatoms. The van der Waals surface area contributed by atoms with E-state index < -0.39 is 4.92 Å². The number of para-hydroxylation sites is 1. The summed E-state index contributed by atoms with van der Waals surface area (Å²) in [5.41, 5.74) is 0.836. The van der Waals surface area contributed by atoms with E-state index in [1.165, 1.54) is 18.2 Å². The molecule has 0 aliphatic carbocycles. The zero-order valence-corrected chi connectivity index (χ0v) is 15.7. The summed E-state index contributed by atoms with van der Waals surface area (Å²) in [7, 11) is 0. The molecule has 0 spiro atoms. The van der Waals surface area contributed by atoms with Gasteiger partial charge in [-0.05, 0) is 30.3 Å². The first-order valence-electron chi connectivity index (χ1n) is 8.71. The molecule has 7 nitrogen and oxygen atoms in total. The monoisotopic (exact) mass is 399 g/mol. The van der Waals surface area contributed by atoms with Crippen LogP contribution in [-0.4, -0.2) is 52.7 Å². The lowest BCUT2D eigenvalue weighted by atomic mass is 10.1. The number of nitro benzene ring substituents is 1. The van der Waals surface area contributed by atoms with Gasteiger partial charge in [-0.1, -0.05) is 29.8 Å². The number of nitrogens with zero attached hydrogens (tertiary/aromatic N) is 3. The molecular formula is C20H18ClN3O4. The Balaban J connectivity index is 1.60. The number of rotatable bonds is 4. The van der Waals surface area contributed by atoms with Gasteiger partial charge in [0.2, 0.25) is 5.91 Å². The van der Waals surface area contributed by atoms with E-state index in [-0.39, 0.29) is 17.5 Å². The molecule has 0 aromatic heterocycles. The molecule has 2 amide bonds. The minimum Gasteiger partial charge on any atom is -0.336 e. The highest BCUT2D eigenvalue weighted by Crippen LogP contribution is 2.19. The third-order valence-corrected chi connectivity index (χ3v) is 4.72. The minimum absolute atomic E-state index is 0.0523. The number of carbonyl (C=O) groups is 2. The molecule has 0 unspecified atom stereocenters. The highest BCUT2D eigenvalue weighted by Gasteiger charge is 2.24. The molecule has 144 valence electrons. The van der Waals surface area contributed by atoms with E-state index >= 15 is 0 Å². The summed E-state index contributed by atoms with van der Waals surface area (Å²) in [6, 6.07) is 13.0. The molecule has 28 heavy (non-hydrogen) atoms. The van der Waals surface area contributed by atoms with Gasteiger partial charge in [-0.15, -0.1) is 0 Å². The fourth-order valence-corrected chi connectivity index (χ4v) is 3.19. The van der Waals surface area contributed by atoms with Gasteiger partial charge in [0.25, 0.3) is 11.6 Å². The van der Waals surface area contributed by atoms with Gasteiger partial charge in [0.15, 0.2) is 0 Å². The maximum Gasteiger partial charge on any atom is 0.276 e. The van der Waals surface area contributed by atoms with Crippen LogP contribution < -0.4 is 0 Å². The van der Waals surface area contributed by atoms with E-state index in [4.69, 9.17) is 11.6 Å². The molecule has 0 atom stereocenters. The van der Waals surface area contributed by atoms with Crippen molar-refractivity contribution < 1.29 is 14.5 Å². The second kappa shape index (κ2) is 8.67. The van der Waals surface area contributed by atoms with Crippen LogP contribution in [-0.2, 0) is 4.79 Å². The Bertz CT molecular complexity index is 937. The van der Waals surface area contributed by atoms with Gasteiger partial charge in [0.05, 0.1) is 10.5 Å². The quantitative estimate of drug-likeness (QED) is 0.449. The van der Waals surface area contributed by atoms with Crippen molar-refractivity contribution in [2.24, 2.45) is 0 Å². The van der Waals surface area contributed by atoms with Crippen LogP contribution in [0.15, 0.2) is 54.6 Å². The molecule has 1 fully saturated rings. The molecule has 1 saturated heterocycles. The highest BCUT2D eigenvalue weighted by atomic mass is 35.5. The van der Waals surface area contributed by atoms with E-state index in [0.29, 0.717) is 42.3 Å². The standard InChI is InChI=1S/C20H18ClN3O4/c21-17-6-3-5-16(14-17)20(26)23-12-10-22(11-13-23)19(25)9-8-15-4-1-2-7-18(15)24(27)28/h1-9,14H,10-13H2/b9-8+. The zero-order valence-electron chi connectivity index (χ0n) is 15.0. The smallest absolute Gasteiger partial charge is 0.276 e. The normalized spacial score (nSPS) is 14.3. The maximum atomic E-state index is 12.5. The third-order valence-electron chi connectivity index (χ3n) is 4.49. The zero-order chi connectivity index (χ0) is 20.1. The average Bonchev–Trinajstić information content (AvgIpc) is 2.71. The third kappa shape index (κ3) is 4.55. The first-order valence-corrected chi connectivity index (χ1v) is 9.09. The van der Waals surface area contributed by atoms with E-state index in [9.17, 15) is 19.7 Å². The number of benzene rings is 2. The number of hydrogen-bond donors (Lipinski definition) is 0. The molecule has 1 aliphatic heterocycles. The fraction of sp³-hybridized carbons (Fsp3) is 0.200. The number of hydrogen-bond acceptors (Lipinski definition) is 4. The number of nitro groups is 1. The summed E-state index contributed by atoms with van der Waals surface area (Å²) in [5.74, 6) is -0.363. The van der Waals surface area contributed by atoms with E-state index in [1.54, 1.807) is 52.3 Å². The van der Waals surface area contributed by atoms with Crippen LogP contribution in [0.1, 0.15) is 15.9 Å². The minimum atomic E-state index is -0.482. The van der Waals surface area contributed by atoms with Crippen molar-refractivity contribution >= 4 is 35.2 Å². The second-order valence-corrected chi connectivity index (χ2v) is 6.71. The summed E-state index contributed by atoms with van der Waals surface area (Å²) in [5, 5.41) is 11.5. The molecule has 2 aromatic carbocycles. The van der Waals surface area contributed by atoms with E-state index in [1.807, 2.05) is 0 Å². The molecule has 2 aromatic rings. The largest absolute Gasteiger partial charge is 0.336 e. The molecule has 1 aliphatic rings. The summed E-state index contributed by atoms with van der Waals surface area (Å²) in [6.45, 7) is 1.62. The summed E-state index contributed by atoms with van der Waals surface area (Å²) < 4.78 is 0. The summed E-state index contributed by atoms with van der Waals surface area (Å²) in [6.07, 6.45) is 2.78. The highest BCUT2D eigenvalue weighted by molar-refractivity contribution is 6.30. The lowest BCUT2D eigenvalue weighted by molar-refractivity contribution is -0.385. The second-order valence-electron chi connectivity index (χ2n) is 6.28. The molecule has 0 bridgehead atoms. The van der Waals surface area contributed by atoms with Crippen molar-refractivity contribution in [2.45, 2.75) is 0 Å².